The summed E-state index contributed by atoms with van der Waals surface area (Å²) in [7, 11) is 0. The van der Waals surface area contributed by atoms with Crippen LogP contribution < -0.4 is 0 Å². The molecule has 0 saturated carbocycles. The Balaban J connectivity index is 3.19. The number of alkyl halides is 2. The molecular formula is C13H13F2NO3. The number of benzene rings is 1. The van der Waals surface area contributed by atoms with Gasteiger partial charge in [0.05, 0.1) is 31.3 Å². The number of carbonyl (C=O) groups excluding carboxylic acids is 1. The van der Waals surface area contributed by atoms with Crippen LogP contribution in [0, 0.1) is 11.3 Å². The van der Waals surface area contributed by atoms with Gasteiger partial charge < -0.3 is 9.84 Å². The molecule has 6 heteroatoms. The molecule has 0 amide bonds. The van der Waals surface area contributed by atoms with Crippen molar-refractivity contribution in [2.24, 2.45) is 0 Å². The average Bonchev–Trinajstić information content (AvgIpc) is 2.38. The molecule has 0 aliphatic heterocycles. The van der Waals surface area contributed by atoms with Gasteiger partial charge in [0.1, 0.15) is 0 Å². The summed E-state index contributed by atoms with van der Waals surface area (Å²) >= 11 is 0. The highest BCUT2D eigenvalue weighted by molar-refractivity contribution is 5.73. The standard InChI is InChI=1S/C13H13F2NO3/c1-2-19-12(18)5-8-4-11(13(14)15)10(7-17)3-9(8)6-16/h3-4,13,17H,2,5,7H2,1H3. The van der Waals surface area contributed by atoms with Crippen LogP contribution in [-0.2, 0) is 22.6 Å². The maximum atomic E-state index is 12.8. The van der Waals surface area contributed by atoms with Crippen molar-refractivity contribution < 1.29 is 23.4 Å². The number of nitriles is 1. The van der Waals surface area contributed by atoms with Gasteiger partial charge >= 0.3 is 5.97 Å². The molecular weight excluding hydrogens is 256 g/mol. The Morgan fingerprint density at radius 2 is 2.16 bits per heavy atom. The maximum Gasteiger partial charge on any atom is 0.310 e. The molecule has 0 heterocycles. The van der Waals surface area contributed by atoms with Crippen LogP contribution in [0.2, 0.25) is 0 Å². The number of esters is 1. The molecule has 19 heavy (non-hydrogen) atoms. The second kappa shape index (κ2) is 6.81. The van der Waals surface area contributed by atoms with Crippen molar-refractivity contribution in [3.8, 4) is 6.07 Å². The van der Waals surface area contributed by atoms with Crippen LogP contribution in [0.15, 0.2) is 12.1 Å². The number of nitrogens with zero attached hydrogens (tertiary/aromatic N) is 1. The van der Waals surface area contributed by atoms with Gasteiger partial charge in [0.25, 0.3) is 6.43 Å². The van der Waals surface area contributed by atoms with E-state index in [9.17, 15) is 13.6 Å². The van der Waals surface area contributed by atoms with E-state index in [0.29, 0.717) is 0 Å². The Labute approximate surface area is 109 Å². The van der Waals surface area contributed by atoms with Crippen LogP contribution in [0.5, 0.6) is 0 Å². The minimum Gasteiger partial charge on any atom is -0.466 e. The van der Waals surface area contributed by atoms with E-state index in [0.717, 1.165) is 6.07 Å². The number of aliphatic hydroxyl groups is 1. The van der Waals surface area contributed by atoms with Crippen molar-refractivity contribution in [1.82, 2.24) is 0 Å². The topological polar surface area (TPSA) is 70.3 Å². The molecule has 0 aliphatic rings. The minimum absolute atomic E-state index is 0.0147. The zero-order valence-electron chi connectivity index (χ0n) is 10.3. The average molecular weight is 269 g/mol. The van der Waals surface area contributed by atoms with Gasteiger partial charge in [-0.1, -0.05) is 0 Å². The molecule has 0 spiro atoms. The first-order valence-electron chi connectivity index (χ1n) is 5.63. The molecule has 1 N–H and O–H groups in total. The van der Waals surface area contributed by atoms with Crippen LogP contribution in [0.4, 0.5) is 8.78 Å². The van der Waals surface area contributed by atoms with Crippen LogP contribution in [0.1, 0.15) is 35.6 Å². The molecule has 1 rings (SSSR count). The highest BCUT2D eigenvalue weighted by Crippen LogP contribution is 2.27. The fourth-order valence-corrected chi connectivity index (χ4v) is 1.67. The number of rotatable bonds is 5. The summed E-state index contributed by atoms with van der Waals surface area (Å²) in [5.74, 6) is -0.587. The Morgan fingerprint density at radius 1 is 1.47 bits per heavy atom. The summed E-state index contributed by atoms with van der Waals surface area (Å²) in [5.41, 5.74) is -0.130. The fraction of sp³-hybridized carbons (Fsp3) is 0.385. The zero-order chi connectivity index (χ0) is 14.4. The molecule has 0 fully saturated rings. The number of halogens is 2. The molecule has 0 radical (unpaired) electrons. The molecule has 0 aliphatic carbocycles. The third-order valence-corrected chi connectivity index (χ3v) is 2.53. The number of carbonyl (C=O) groups is 1. The van der Waals surface area contributed by atoms with E-state index in [-0.39, 0.29) is 35.3 Å². The second-order valence-corrected chi connectivity index (χ2v) is 3.76. The smallest absolute Gasteiger partial charge is 0.310 e. The molecule has 4 nitrogen and oxygen atoms in total. The molecule has 0 atom stereocenters. The number of ether oxygens (including phenoxy) is 1. The van der Waals surface area contributed by atoms with E-state index in [1.807, 2.05) is 6.07 Å². The Kier molecular flexibility index (Phi) is 5.39. The predicted octanol–water partition coefficient (Wildman–Crippen LogP) is 2.09. The van der Waals surface area contributed by atoms with Gasteiger partial charge in [0.2, 0.25) is 0 Å². The van der Waals surface area contributed by atoms with Gasteiger partial charge in [0.15, 0.2) is 0 Å². The monoisotopic (exact) mass is 269 g/mol. The van der Waals surface area contributed by atoms with Crippen LogP contribution in [0.25, 0.3) is 0 Å². The number of hydrogen-bond acceptors (Lipinski definition) is 4. The highest BCUT2D eigenvalue weighted by Gasteiger charge is 2.18. The van der Waals surface area contributed by atoms with Crippen molar-refractivity contribution in [1.29, 1.82) is 5.26 Å². The molecule has 1 aromatic carbocycles. The van der Waals surface area contributed by atoms with Gasteiger partial charge in [-0.3, -0.25) is 4.79 Å². The van der Waals surface area contributed by atoms with E-state index in [4.69, 9.17) is 15.1 Å². The van der Waals surface area contributed by atoms with E-state index >= 15 is 0 Å². The maximum absolute atomic E-state index is 12.8. The second-order valence-electron chi connectivity index (χ2n) is 3.76. The highest BCUT2D eigenvalue weighted by atomic mass is 19.3. The Morgan fingerprint density at radius 3 is 2.63 bits per heavy atom. The van der Waals surface area contributed by atoms with Crippen LogP contribution in [-0.4, -0.2) is 17.7 Å². The molecule has 0 unspecified atom stereocenters. The van der Waals surface area contributed by atoms with Crippen molar-refractivity contribution in [2.45, 2.75) is 26.4 Å². The predicted molar refractivity (Wildman–Crippen MR) is 62.4 cm³/mol. The minimum atomic E-state index is -2.78. The third kappa shape index (κ3) is 3.73. The summed E-state index contributed by atoms with van der Waals surface area (Å²) in [6, 6.07) is 4.07. The lowest BCUT2D eigenvalue weighted by molar-refractivity contribution is -0.142. The van der Waals surface area contributed by atoms with Crippen molar-refractivity contribution >= 4 is 5.97 Å². The van der Waals surface area contributed by atoms with E-state index in [1.54, 1.807) is 6.92 Å². The van der Waals surface area contributed by atoms with Crippen molar-refractivity contribution in [3.63, 3.8) is 0 Å². The third-order valence-electron chi connectivity index (χ3n) is 2.53. The first-order chi connectivity index (χ1) is 9.03. The van der Waals surface area contributed by atoms with E-state index < -0.39 is 19.0 Å². The Hall–Kier alpha value is -2.00. The summed E-state index contributed by atoms with van der Waals surface area (Å²) in [5, 5.41) is 17.9. The van der Waals surface area contributed by atoms with E-state index in [2.05, 4.69) is 0 Å². The van der Waals surface area contributed by atoms with Gasteiger partial charge in [-0.2, -0.15) is 5.26 Å². The Bertz CT molecular complexity index is 509. The molecule has 0 saturated heterocycles. The summed E-state index contributed by atoms with van der Waals surface area (Å²) in [4.78, 5) is 11.3. The molecule has 102 valence electrons. The lowest BCUT2D eigenvalue weighted by atomic mass is 9.97. The zero-order valence-corrected chi connectivity index (χ0v) is 10.3. The summed E-state index contributed by atoms with van der Waals surface area (Å²) < 4.78 is 30.3. The fourth-order valence-electron chi connectivity index (χ4n) is 1.67. The normalized spacial score (nSPS) is 10.3. The van der Waals surface area contributed by atoms with Gasteiger partial charge in [-0.05, 0) is 30.2 Å². The van der Waals surface area contributed by atoms with Gasteiger partial charge in [-0.25, -0.2) is 8.78 Å². The first kappa shape index (κ1) is 15.1. The van der Waals surface area contributed by atoms with Gasteiger partial charge in [0, 0.05) is 5.56 Å². The summed E-state index contributed by atoms with van der Waals surface area (Å²) in [6.07, 6.45) is -3.03. The SMILES string of the molecule is CCOC(=O)Cc1cc(C(F)F)c(CO)cc1C#N. The van der Waals surface area contributed by atoms with Gasteiger partial charge in [-0.15, -0.1) is 0 Å². The summed E-state index contributed by atoms with van der Waals surface area (Å²) in [6.45, 7) is 1.22. The van der Waals surface area contributed by atoms with Crippen LogP contribution >= 0.6 is 0 Å². The quantitative estimate of drug-likeness (QED) is 0.831. The largest absolute Gasteiger partial charge is 0.466 e. The van der Waals surface area contributed by atoms with E-state index in [1.165, 1.54) is 6.07 Å². The van der Waals surface area contributed by atoms with Crippen molar-refractivity contribution in [2.75, 3.05) is 6.61 Å². The van der Waals surface area contributed by atoms with Crippen LogP contribution in [0.3, 0.4) is 0 Å². The molecule has 0 aromatic heterocycles. The molecule has 1 aromatic rings. The lowest BCUT2D eigenvalue weighted by Crippen LogP contribution is -2.10. The van der Waals surface area contributed by atoms with Crippen molar-refractivity contribution in [3.05, 3.63) is 34.4 Å². The lowest BCUT2D eigenvalue weighted by Gasteiger charge is -2.11. The number of hydrogen-bond donors (Lipinski definition) is 1. The first-order valence-corrected chi connectivity index (χ1v) is 5.63. The number of aliphatic hydroxyl groups excluding tert-OH is 1. The molecule has 0 bridgehead atoms.